The van der Waals surface area contributed by atoms with Crippen LogP contribution in [0.5, 0.6) is 11.5 Å². The van der Waals surface area contributed by atoms with Gasteiger partial charge in [0.05, 0.1) is 42.8 Å². The number of ether oxygens (including phenoxy) is 2. The molecule has 0 saturated heterocycles. The van der Waals surface area contributed by atoms with Crippen LogP contribution in [0.15, 0.2) is 46.8 Å². The van der Waals surface area contributed by atoms with Gasteiger partial charge in [-0.3, -0.25) is 4.68 Å². The van der Waals surface area contributed by atoms with Gasteiger partial charge in [-0.05, 0) is 34.7 Å². The lowest BCUT2D eigenvalue weighted by Gasteiger charge is -2.06. The molecule has 0 aliphatic rings. The summed E-state index contributed by atoms with van der Waals surface area (Å²) >= 11 is 1.59. The number of aromatic nitrogens is 3. The average molecular weight is 368 g/mol. The largest absolute Gasteiger partial charge is 0.493 e. The Hall–Kier alpha value is -3.00. The number of azo groups is 1. The molecule has 0 aliphatic heterocycles. The summed E-state index contributed by atoms with van der Waals surface area (Å²) in [4.78, 5) is 0. The van der Waals surface area contributed by atoms with Crippen LogP contribution in [0.25, 0.3) is 21.1 Å². The molecule has 0 bridgehead atoms. The van der Waals surface area contributed by atoms with E-state index in [4.69, 9.17) is 9.47 Å². The summed E-state index contributed by atoms with van der Waals surface area (Å²) in [7, 11) is 7.14. The van der Waals surface area contributed by atoms with Crippen LogP contribution in [0, 0.1) is 0 Å². The van der Waals surface area contributed by atoms with E-state index in [0.717, 1.165) is 26.3 Å². The molecule has 0 spiro atoms. The number of nitrogens with zero attached hydrogens (tertiary/aromatic N) is 5. The molecule has 0 fully saturated rings. The van der Waals surface area contributed by atoms with Crippen LogP contribution in [-0.4, -0.2) is 24.0 Å². The SMILES string of the molecule is COc1ccc(N=Nc2sc3cc4cnn(C)c4cc3[n+]2C)cc1OC. The van der Waals surface area contributed by atoms with E-state index in [2.05, 4.69) is 27.5 Å². The van der Waals surface area contributed by atoms with Crippen molar-refractivity contribution in [2.45, 2.75) is 0 Å². The van der Waals surface area contributed by atoms with Gasteiger partial charge in [0.25, 0.3) is 0 Å². The Bertz CT molecular complexity index is 1150. The van der Waals surface area contributed by atoms with Gasteiger partial charge in [-0.25, -0.2) is 4.57 Å². The zero-order valence-electron chi connectivity index (χ0n) is 14.9. The van der Waals surface area contributed by atoms with Gasteiger partial charge in [0, 0.05) is 24.6 Å². The van der Waals surface area contributed by atoms with Crippen molar-refractivity contribution in [3.63, 3.8) is 0 Å². The number of aryl methyl sites for hydroxylation is 2. The first kappa shape index (κ1) is 16.5. The van der Waals surface area contributed by atoms with Crippen LogP contribution in [-0.2, 0) is 14.1 Å². The van der Waals surface area contributed by atoms with Crippen molar-refractivity contribution in [1.82, 2.24) is 9.78 Å². The predicted octanol–water partition coefficient (Wildman–Crippen LogP) is 4.05. The highest BCUT2D eigenvalue weighted by atomic mass is 32.1. The van der Waals surface area contributed by atoms with Gasteiger partial charge in [-0.1, -0.05) is 0 Å². The van der Waals surface area contributed by atoms with Gasteiger partial charge in [0.1, 0.15) is 11.2 Å². The summed E-state index contributed by atoms with van der Waals surface area (Å²) < 4.78 is 15.6. The zero-order chi connectivity index (χ0) is 18.3. The Morgan fingerprint density at radius 3 is 2.65 bits per heavy atom. The van der Waals surface area contributed by atoms with E-state index in [9.17, 15) is 0 Å². The molecule has 8 heteroatoms. The Morgan fingerprint density at radius 2 is 1.88 bits per heavy atom. The molecule has 0 unspecified atom stereocenters. The van der Waals surface area contributed by atoms with Crippen molar-refractivity contribution in [2.75, 3.05) is 14.2 Å². The molecule has 7 nitrogen and oxygen atoms in total. The monoisotopic (exact) mass is 368 g/mol. The van der Waals surface area contributed by atoms with Crippen LogP contribution in [0.3, 0.4) is 0 Å². The van der Waals surface area contributed by atoms with Crippen molar-refractivity contribution in [3.05, 3.63) is 36.5 Å². The van der Waals surface area contributed by atoms with E-state index < -0.39 is 0 Å². The third-order valence-corrected chi connectivity index (χ3v) is 5.38. The summed E-state index contributed by atoms with van der Waals surface area (Å²) in [6, 6.07) is 9.73. The van der Waals surface area contributed by atoms with Crippen molar-refractivity contribution in [2.24, 2.45) is 24.3 Å². The first-order valence-electron chi connectivity index (χ1n) is 7.99. The molecule has 2 heterocycles. The number of hydrogen-bond acceptors (Lipinski definition) is 6. The second-order valence-electron chi connectivity index (χ2n) is 5.83. The summed E-state index contributed by atoms with van der Waals surface area (Å²) in [5, 5.41) is 15.0. The molecule has 0 saturated carbocycles. The summed E-state index contributed by atoms with van der Waals surface area (Å²) in [6.07, 6.45) is 1.87. The highest BCUT2D eigenvalue weighted by Crippen LogP contribution is 2.33. The summed E-state index contributed by atoms with van der Waals surface area (Å²) in [6.45, 7) is 0. The fraction of sp³-hybridized carbons (Fsp3) is 0.222. The van der Waals surface area contributed by atoms with Gasteiger partial charge >= 0.3 is 5.13 Å². The van der Waals surface area contributed by atoms with E-state index in [1.54, 1.807) is 31.6 Å². The number of fused-ring (bicyclic) bond motifs is 2. The van der Waals surface area contributed by atoms with Gasteiger partial charge in [0.15, 0.2) is 11.5 Å². The minimum Gasteiger partial charge on any atom is -0.493 e. The van der Waals surface area contributed by atoms with Crippen molar-refractivity contribution < 1.29 is 14.0 Å². The molecule has 0 atom stereocenters. The summed E-state index contributed by atoms with van der Waals surface area (Å²) in [5.74, 6) is 1.29. The van der Waals surface area contributed by atoms with Gasteiger partial charge < -0.3 is 9.47 Å². The lowest BCUT2D eigenvalue weighted by molar-refractivity contribution is -0.627. The normalized spacial score (nSPS) is 11.7. The number of thiazole rings is 1. The minimum absolute atomic E-state index is 0.628. The molecule has 0 amide bonds. The molecular weight excluding hydrogens is 350 g/mol. The highest BCUT2D eigenvalue weighted by Gasteiger charge is 2.18. The standard InChI is InChI=1S/C18H18N5O2S/c1-22-14-9-13-11(10-19-23(13)2)7-17(14)26-18(22)21-20-12-5-6-15(24-3)16(8-12)25-4/h5-10H,1-4H3/q+1. The van der Waals surface area contributed by atoms with E-state index in [0.29, 0.717) is 17.2 Å². The van der Waals surface area contributed by atoms with E-state index in [1.807, 2.05) is 41.7 Å². The quantitative estimate of drug-likeness (QED) is 0.403. The fourth-order valence-electron chi connectivity index (χ4n) is 2.86. The van der Waals surface area contributed by atoms with Gasteiger partial charge in [-0.2, -0.15) is 5.10 Å². The van der Waals surface area contributed by atoms with Crippen LogP contribution >= 0.6 is 11.3 Å². The average Bonchev–Trinajstić information content (AvgIpc) is 3.18. The minimum atomic E-state index is 0.628. The summed E-state index contributed by atoms with van der Waals surface area (Å²) in [5.41, 5.74) is 2.90. The lowest BCUT2D eigenvalue weighted by Crippen LogP contribution is -2.25. The highest BCUT2D eigenvalue weighted by molar-refractivity contribution is 7.21. The maximum absolute atomic E-state index is 5.31. The molecule has 26 heavy (non-hydrogen) atoms. The molecule has 132 valence electrons. The molecule has 4 aromatic rings. The topological polar surface area (TPSA) is 64.9 Å². The molecule has 0 N–H and O–H groups in total. The number of hydrogen-bond donors (Lipinski definition) is 0. The second-order valence-corrected chi connectivity index (χ2v) is 6.84. The molecule has 2 aromatic heterocycles. The Balaban J connectivity index is 1.74. The maximum Gasteiger partial charge on any atom is 0.409 e. The Labute approximate surface area is 154 Å². The third kappa shape index (κ3) is 2.68. The molecule has 0 radical (unpaired) electrons. The smallest absolute Gasteiger partial charge is 0.409 e. The number of benzene rings is 2. The van der Waals surface area contributed by atoms with E-state index >= 15 is 0 Å². The predicted molar refractivity (Wildman–Crippen MR) is 101 cm³/mol. The molecular formula is C18H18N5O2S+. The maximum atomic E-state index is 5.31. The first-order chi connectivity index (χ1) is 12.6. The van der Waals surface area contributed by atoms with Crippen LogP contribution in [0.4, 0.5) is 10.8 Å². The van der Waals surface area contributed by atoms with Crippen LogP contribution < -0.4 is 14.0 Å². The molecule has 0 aliphatic carbocycles. The molecule has 4 rings (SSSR count). The van der Waals surface area contributed by atoms with E-state index in [-0.39, 0.29) is 0 Å². The van der Waals surface area contributed by atoms with Gasteiger partial charge in [-0.15, -0.1) is 0 Å². The second kappa shape index (κ2) is 6.38. The third-order valence-electron chi connectivity index (χ3n) is 4.29. The van der Waals surface area contributed by atoms with Crippen molar-refractivity contribution >= 4 is 43.3 Å². The number of methoxy groups -OCH3 is 2. The molecule has 2 aromatic carbocycles. The van der Waals surface area contributed by atoms with Crippen molar-refractivity contribution in [3.8, 4) is 11.5 Å². The van der Waals surface area contributed by atoms with Crippen LogP contribution in [0.2, 0.25) is 0 Å². The Morgan fingerprint density at radius 1 is 1.08 bits per heavy atom. The van der Waals surface area contributed by atoms with Crippen LogP contribution in [0.1, 0.15) is 0 Å². The zero-order valence-corrected chi connectivity index (χ0v) is 15.7. The van der Waals surface area contributed by atoms with E-state index in [1.165, 1.54) is 0 Å². The van der Waals surface area contributed by atoms with Gasteiger partial charge in [0.2, 0.25) is 0 Å². The lowest BCUT2D eigenvalue weighted by atomic mass is 10.2. The first-order valence-corrected chi connectivity index (χ1v) is 8.80. The Kier molecular flexibility index (Phi) is 4.04. The van der Waals surface area contributed by atoms with Crippen molar-refractivity contribution in [1.29, 1.82) is 0 Å². The number of rotatable bonds is 4. The fourth-order valence-corrected chi connectivity index (χ4v) is 3.86.